The molecule has 8 heteroatoms. The predicted octanol–water partition coefficient (Wildman–Crippen LogP) is 3.45. The van der Waals surface area contributed by atoms with Crippen LogP contribution in [0.25, 0.3) is 11.5 Å². The SMILES string of the molecule is COc1ccccc1NC(=O)Nc1nnc(-c2ccsc2)o1. The van der Waals surface area contributed by atoms with Crippen molar-refractivity contribution in [3.05, 3.63) is 41.1 Å². The number of amides is 2. The van der Waals surface area contributed by atoms with Crippen LogP contribution in [0.3, 0.4) is 0 Å². The second-order valence-electron chi connectivity index (χ2n) is 4.20. The molecule has 3 aromatic rings. The topological polar surface area (TPSA) is 89.3 Å². The number of ether oxygens (including phenoxy) is 1. The molecule has 2 heterocycles. The van der Waals surface area contributed by atoms with Crippen molar-refractivity contribution in [1.82, 2.24) is 10.2 Å². The van der Waals surface area contributed by atoms with Gasteiger partial charge in [-0.1, -0.05) is 17.2 Å². The van der Waals surface area contributed by atoms with Crippen molar-refractivity contribution >= 4 is 29.1 Å². The molecule has 22 heavy (non-hydrogen) atoms. The molecule has 0 saturated heterocycles. The van der Waals surface area contributed by atoms with Crippen molar-refractivity contribution in [2.75, 3.05) is 17.7 Å². The number of thiophene rings is 1. The number of carbonyl (C=O) groups excluding carboxylic acids is 1. The first-order chi connectivity index (χ1) is 10.8. The molecule has 0 radical (unpaired) electrons. The highest BCUT2D eigenvalue weighted by atomic mass is 32.1. The average molecular weight is 316 g/mol. The van der Waals surface area contributed by atoms with Gasteiger partial charge < -0.3 is 14.5 Å². The first kappa shape index (κ1) is 14.1. The molecule has 0 atom stereocenters. The minimum absolute atomic E-state index is 0.0218. The van der Waals surface area contributed by atoms with Gasteiger partial charge in [-0.15, -0.1) is 5.10 Å². The number of urea groups is 1. The van der Waals surface area contributed by atoms with Gasteiger partial charge in [0.15, 0.2) is 0 Å². The van der Waals surface area contributed by atoms with E-state index in [9.17, 15) is 4.79 Å². The van der Waals surface area contributed by atoms with Crippen molar-refractivity contribution < 1.29 is 13.9 Å². The highest BCUT2D eigenvalue weighted by molar-refractivity contribution is 7.08. The summed E-state index contributed by atoms with van der Waals surface area (Å²) in [6, 6.07) is 8.46. The predicted molar refractivity (Wildman–Crippen MR) is 83.2 cm³/mol. The number of rotatable bonds is 4. The van der Waals surface area contributed by atoms with E-state index in [-0.39, 0.29) is 6.01 Å². The summed E-state index contributed by atoms with van der Waals surface area (Å²) in [4.78, 5) is 11.9. The van der Waals surface area contributed by atoms with Crippen LogP contribution < -0.4 is 15.4 Å². The van der Waals surface area contributed by atoms with Crippen molar-refractivity contribution in [3.63, 3.8) is 0 Å². The molecule has 0 aliphatic heterocycles. The monoisotopic (exact) mass is 316 g/mol. The quantitative estimate of drug-likeness (QED) is 0.769. The molecule has 1 aromatic carbocycles. The second-order valence-corrected chi connectivity index (χ2v) is 4.98. The van der Waals surface area contributed by atoms with Crippen molar-refractivity contribution in [3.8, 4) is 17.2 Å². The number of aromatic nitrogens is 2. The lowest BCUT2D eigenvalue weighted by Gasteiger charge is -2.09. The molecule has 3 rings (SSSR count). The van der Waals surface area contributed by atoms with Gasteiger partial charge in [-0.05, 0) is 23.6 Å². The fourth-order valence-electron chi connectivity index (χ4n) is 1.78. The number of hydrogen-bond donors (Lipinski definition) is 2. The van der Waals surface area contributed by atoms with Crippen LogP contribution in [0.2, 0.25) is 0 Å². The van der Waals surface area contributed by atoms with Crippen LogP contribution in [0.15, 0.2) is 45.5 Å². The Kier molecular flexibility index (Phi) is 4.01. The van der Waals surface area contributed by atoms with E-state index in [1.807, 2.05) is 22.9 Å². The lowest BCUT2D eigenvalue weighted by molar-refractivity contribution is 0.261. The van der Waals surface area contributed by atoms with E-state index in [2.05, 4.69) is 20.8 Å². The van der Waals surface area contributed by atoms with Crippen LogP contribution in [0, 0.1) is 0 Å². The molecule has 0 aliphatic carbocycles. The maximum atomic E-state index is 11.9. The van der Waals surface area contributed by atoms with Gasteiger partial charge in [0.2, 0.25) is 0 Å². The summed E-state index contributed by atoms with van der Waals surface area (Å²) >= 11 is 1.52. The van der Waals surface area contributed by atoms with Gasteiger partial charge in [0.25, 0.3) is 5.89 Å². The summed E-state index contributed by atoms with van der Waals surface area (Å²) in [6.07, 6.45) is 0. The average Bonchev–Trinajstić information content (AvgIpc) is 3.18. The Hall–Kier alpha value is -2.87. The largest absolute Gasteiger partial charge is 0.495 e. The summed E-state index contributed by atoms with van der Waals surface area (Å²) < 4.78 is 10.5. The maximum absolute atomic E-state index is 11.9. The molecule has 0 unspecified atom stereocenters. The van der Waals surface area contributed by atoms with E-state index < -0.39 is 6.03 Å². The van der Waals surface area contributed by atoms with Crippen molar-refractivity contribution in [2.24, 2.45) is 0 Å². The molecule has 0 fully saturated rings. The Morgan fingerprint density at radius 3 is 2.86 bits per heavy atom. The fraction of sp³-hybridized carbons (Fsp3) is 0.0714. The summed E-state index contributed by atoms with van der Waals surface area (Å²) in [5.41, 5.74) is 1.36. The van der Waals surface area contributed by atoms with E-state index in [1.54, 1.807) is 18.2 Å². The van der Waals surface area contributed by atoms with Crippen LogP contribution in [0.4, 0.5) is 16.5 Å². The van der Waals surface area contributed by atoms with Crippen LogP contribution in [0.5, 0.6) is 5.75 Å². The molecule has 7 nitrogen and oxygen atoms in total. The van der Waals surface area contributed by atoms with E-state index in [4.69, 9.17) is 9.15 Å². The van der Waals surface area contributed by atoms with E-state index in [0.717, 1.165) is 5.56 Å². The minimum atomic E-state index is -0.495. The molecular weight excluding hydrogens is 304 g/mol. The van der Waals surface area contributed by atoms with Crippen LogP contribution in [-0.2, 0) is 0 Å². The number of nitrogens with zero attached hydrogens (tertiary/aromatic N) is 2. The number of nitrogens with one attached hydrogen (secondary N) is 2. The van der Waals surface area contributed by atoms with Gasteiger partial charge in [-0.25, -0.2) is 4.79 Å². The Balaban J connectivity index is 1.67. The molecule has 2 N–H and O–H groups in total. The molecule has 2 aromatic heterocycles. The van der Waals surface area contributed by atoms with E-state index in [1.165, 1.54) is 18.4 Å². The fourth-order valence-corrected chi connectivity index (χ4v) is 2.40. The van der Waals surface area contributed by atoms with Gasteiger partial charge in [0.05, 0.1) is 12.8 Å². The first-order valence-electron chi connectivity index (χ1n) is 6.33. The number of carbonyl (C=O) groups is 1. The zero-order chi connectivity index (χ0) is 15.4. The third-order valence-electron chi connectivity index (χ3n) is 2.77. The standard InChI is InChI=1S/C14H12N4O3S/c1-20-11-5-3-2-4-10(11)15-13(19)16-14-18-17-12(21-14)9-6-7-22-8-9/h2-8H,1H3,(H2,15,16,18,19). The summed E-state index contributed by atoms with van der Waals surface area (Å²) in [6.45, 7) is 0. The highest BCUT2D eigenvalue weighted by Crippen LogP contribution is 2.24. The van der Waals surface area contributed by atoms with Crippen molar-refractivity contribution in [2.45, 2.75) is 0 Å². The summed E-state index contributed by atoms with van der Waals surface area (Å²) in [5.74, 6) is 0.913. The molecule has 0 saturated carbocycles. The normalized spacial score (nSPS) is 10.2. The molecule has 112 valence electrons. The van der Waals surface area contributed by atoms with Crippen LogP contribution >= 0.6 is 11.3 Å². The molecule has 2 amide bonds. The number of hydrogen-bond acceptors (Lipinski definition) is 6. The summed E-state index contributed by atoms with van der Waals surface area (Å²) in [5, 5.41) is 16.6. The van der Waals surface area contributed by atoms with Gasteiger partial charge >= 0.3 is 12.0 Å². The smallest absolute Gasteiger partial charge is 0.327 e. The first-order valence-corrected chi connectivity index (χ1v) is 7.27. The van der Waals surface area contributed by atoms with Crippen LogP contribution in [-0.4, -0.2) is 23.3 Å². The maximum Gasteiger partial charge on any atom is 0.327 e. The van der Waals surface area contributed by atoms with Gasteiger partial charge in [0.1, 0.15) is 5.75 Å². The Bertz CT molecular complexity index is 770. The molecule has 0 bridgehead atoms. The van der Waals surface area contributed by atoms with Crippen molar-refractivity contribution in [1.29, 1.82) is 0 Å². The lowest BCUT2D eigenvalue weighted by Crippen LogP contribution is -2.20. The van der Waals surface area contributed by atoms with Gasteiger partial charge in [0, 0.05) is 10.9 Å². The highest BCUT2D eigenvalue weighted by Gasteiger charge is 2.12. The number of methoxy groups -OCH3 is 1. The molecule has 0 aliphatic rings. The van der Waals surface area contributed by atoms with Crippen LogP contribution in [0.1, 0.15) is 0 Å². The lowest BCUT2D eigenvalue weighted by atomic mass is 10.3. The Morgan fingerprint density at radius 1 is 1.23 bits per heavy atom. The zero-order valence-electron chi connectivity index (χ0n) is 11.6. The Labute approximate surface area is 129 Å². The van der Waals surface area contributed by atoms with Gasteiger partial charge in [-0.3, -0.25) is 5.32 Å². The third kappa shape index (κ3) is 3.07. The van der Waals surface area contributed by atoms with E-state index >= 15 is 0 Å². The minimum Gasteiger partial charge on any atom is -0.495 e. The van der Waals surface area contributed by atoms with E-state index in [0.29, 0.717) is 17.3 Å². The third-order valence-corrected chi connectivity index (χ3v) is 3.45. The van der Waals surface area contributed by atoms with Gasteiger partial charge in [-0.2, -0.15) is 11.3 Å². The number of para-hydroxylation sites is 2. The second kappa shape index (κ2) is 6.27. The number of anilines is 2. The molecular formula is C14H12N4O3S. The summed E-state index contributed by atoms with van der Waals surface area (Å²) in [7, 11) is 1.53. The Morgan fingerprint density at radius 2 is 2.09 bits per heavy atom. The molecule has 0 spiro atoms. The zero-order valence-corrected chi connectivity index (χ0v) is 12.4. The number of benzene rings is 1.